The minimum Gasteiger partial charge on any atom is -0.497 e. The molecule has 1 aliphatic heterocycles. The molecule has 7 heteroatoms. The van der Waals surface area contributed by atoms with Gasteiger partial charge in [0, 0.05) is 11.1 Å². The van der Waals surface area contributed by atoms with E-state index in [0.29, 0.717) is 40.9 Å². The van der Waals surface area contributed by atoms with Gasteiger partial charge in [0.2, 0.25) is 0 Å². The normalized spacial score (nSPS) is 13.5. The molecule has 0 spiro atoms. The SMILES string of the molecule is COc1ccc(C(O)c2ccc3c(c2OC)C(=O)OCc2cc(C)cc(OCCC(C)C)c2O3)cc1. The van der Waals surface area contributed by atoms with Crippen molar-refractivity contribution in [3.05, 3.63) is 76.3 Å². The van der Waals surface area contributed by atoms with Gasteiger partial charge >= 0.3 is 5.97 Å². The van der Waals surface area contributed by atoms with Crippen LogP contribution in [0.3, 0.4) is 0 Å². The second kappa shape index (κ2) is 10.9. The second-order valence-electron chi connectivity index (χ2n) is 9.20. The van der Waals surface area contributed by atoms with Crippen LogP contribution in [0.4, 0.5) is 0 Å². The average Bonchev–Trinajstić information content (AvgIpc) is 2.86. The van der Waals surface area contributed by atoms with Gasteiger partial charge in [-0.2, -0.15) is 0 Å². The van der Waals surface area contributed by atoms with Crippen LogP contribution in [0.25, 0.3) is 0 Å². The Labute approximate surface area is 211 Å². The van der Waals surface area contributed by atoms with Gasteiger partial charge in [-0.1, -0.05) is 26.0 Å². The van der Waals surface area contributed by atoms with Crippen LogP contribution in [0.2, 0.25) is 0 Å². The molecule has 1 aliphatic rings. The number of fused-ring (bicyclic) bond motifs is 2. The first-order valence-electron chi connectivity index (χ1n) is 12.0. The van der Waals surface area contributed by atoms with E-state index in [1.165, 1.54) is 7.11 Å². The summed E-state index contributed by atoms with van der Waals surface area (Å²) in [6, 6.07) is 14.2. The van der Waals surface area contributed by atoms with Gasteiger partial charge < -0.3 is 28.8 Å². The summed E-state index contributed by atoms with van der Waals surface area (Å²) in [4.78, 5) is 13.1. The fourth-order valence-corrected chi connectivity index (χ4v) is 4.13. The fraction of sp³-hybridized carbons (Fsp3) is 0.345. The van der Waals surface area contributed by atoms with E-state index in [9.17, 15) is 9.90 Å². The molecule has 1 N–H and O–H groups in total. The van der Waals surface area contributed by atoms with Crippen molar-refractivity contribution < 1.29 is 33.6 Å². The lowest BCUT2D eigenvalue weighted by molar-refractivity contribution is 0.0454. The first kappa shape index (κ1) is 25.4. The Morgan fingerprint density at radius 3 is 2.44 bits per heavy atom. The van der Waals surface area contributed by atoms with Crippen LogP contribution < -0.4 is 18.9 Å². The Hall–Kier alpha value is -3.71. The number of carbonyl (C=O) groups excluding carboxylic acids is 1. The number of aryl methyl sites for hydroxylation is 1. The molecule has 3 aromatic carbocycles. The molecule has 0 saturated heterocycles. The number of ether oxygens (including phenoxy) is 5. The summed E-state index contributed by atoms with van der Waals surface area (Å²) in [5, 5.41) is 11.1. The molecule has 0 fully saturated rings. The molecule has 0 amide bonds. The van der Waals surface area contributed by atoms with Crippen molar-refractivity contribution in [3.8, 4) is 28.7 Å². The Morgan fingerprint density at radius 2 is 1.78 bits per heavy atom. The number of methoxy groups -OCH3 is 2. The van der Waals surface area contributed by atoms with E-state index in [1.807, 2.05) is 19.1 Å². The van der Waals surface area contributed by atoms with Gasteiger partial charge in [0.15, 0.2) is 11.5 Å². The maximum absolute atomic E-state index is 13.1. The van der Waals surface area contributed by atoms with Gasteiger partial charge in [-0.25, -0.2) is 4.79 Å². The summed E-state index contributed by atoms with van der Waals surface area (Å²) in [7, 11) is 3.03. The van der Waals surface area contributed by atoms with Crippen molar-refractivity contribution in [2.45, 2.75) is 39.9 Å². The van der Waals surface area contributed by atoms with Crippen molar-refractivity contribution in [3.63, 3.8) is 0 Å². The molecular formula is C29H32O7. The number of aliphatic hydroxyl groups is 1. The number of cyclic esters (lactones) is 1. The lowest BCUT2D eigenvalue weighted by Gasteiger charge is -2.24. The van der Waals surface area contributed by atoms with Gasteiger partial charge in [-0.15, -0.1) is 0 Å². The van der Waals surface area contributed by atoms with E-state index in [1.54, 1.807) is 43.5 Å². The molecule has 0 bridgehead atoms. The highest BCUT2D eigenvalue weighted by Crippen LogP contribution is 2.44. The molecule has 1 heterocycles. The van der Waals surface area contributed by atoms with E-state index in [2.05, 4.69) is 13.8 Å². The zero-order chi connectivity index (χ0) is 25.8. The predicted octanol–water partition coefficient (Wildman–Crippen LogP) is 5.98. The monoisotopic (exact) mass is 492 g/mol. The maximum Gasteiger partial charge on any atom is 0.346 e. The number of benzene rings is 3. The van der Waals surface area contributed by atoms with E-state index >= 15 is 0 Å². The predicted molar refractivity (Wildman–Crippen MR) is 135 cm³/mol. The van der Waals surface area contributed by atoms with Crippen LogP contribution >= 0.6 is 0 Å². The van der Waals surface area contributed by atoms with Gasteiger partial charge in [0.25, 0.3) is 0 Å². The molecular weight excluding hydrogens is 460 g/mol. The Balaban J connectivity index is 1.75. The Bertz CT molecular complexity index is 1230. The minimum absolute atomic E-state index is 0.0181. The number of hydrogen-bond acceptors (Lipinski definition) is 7. The van der Waals surface area contributed by atoms with E-state index in [0.717, 1.165) is 17.5 Å². The van der Waals surface area contributed by atoms with E-state index in [-0.39, 0.29) is 23.7 Å². The van der Waals surface area contributed by atoms with Crippen LogP contribution in [-0.4, -0.2) is 31.9 Å². The molecule has 4 rings (SSSR count). The van der Waals surface area contributed by atoms with Gasteiger partial charge in [0.1, 0.15) is 35.5 Å². The van der Waals surface area contributed by atoms with Crippen molar-refractivity contribution in [1.29, 1.82) is 0 Å². The molecule has 0 saturated carbocycles. The number of aliphatic hydroxyl groups excluding tert-OH is 1. The molecule has 7 nitrogen and oxygen atoms in total. The summed E-state index contributed by atoms with van der Waals surface area (Å²) < 4.78 is 28.9. The van der Waals surface area contributed by atoms with Crippen LogP contribution in [0, 0.1) is 12.8 Å². The standard InChI is InChI=1S/C29H32O7/c1-17(2)12-13-34-24-15-18(3)14-20-16-35-29(31)25-23(36-27(20)24)11-10-22(28(25)33-5)26(30)19-6-8-21(32-4)9-7-19/h6-11,14-15,17,26,30H,12-13,16H2,1-5H3. The highest BCUT2D eigenvalue weighted by Gasteiger charge is 2.30. The molecule has 190 valence electrons. The number of rotatable bonds is 8. The molecule has 36 heavy (non-hydrogen) atoms. The van der Waals surface area contributed by atoms with Gasteiger partial charge in [-0.3, -0.25) is 0 Å². The highest BCUT2D eigenvalue weighted by atomic mass is 16.6. The molecule has 3 aromatic rings. The van der Waals surface area contributed by atoms with Crippen molar-refractivity contribution in [2.75, 3.05) is 20.8 Å². The lowest BCUT2D eigenvalue weighted by Crippen LogP contribution is -2.15. The summed E-state index contributed by atoms with van der Waals surface area (Å²) in [5.74, 6) is 2.13. The Morgan fingerprint density at radius 1 is 1.03 bits per heavy atom. The van der Waals surface area contributed by atoms with Crippen LogP contribution in [0.15, 0.2) is 48.5 Å². The second-order valence-corrected chi connectivity index (χ2v) is 9.20. The van der Waals surface area contributed by atoms with E-state index in [4.69, 9.17) is 23.7 Å². The molecule has 0 radical (unpaired) electrons. The molecule has 1 unspecified atom stereocenters. The minimum atomic E-state index is -1.04. The van der Waals surface area contributed by atoms with Crippen LogP contribution in [-0.2, 0) is 11.3 Å². The Kier molecular flexibility index (Phi) is 7.70. The lowest BCUT2D eigenvalue weighted by atomic mass is 9.97. The highest BCUT2D eigenvalue weighted by molar-refractivity contribution is 5.97. The zero-order valence-corrected chi connectivity index (χ0v) is 21.3. The number of esters is 1. The first-order valence-corrected chi connectivity index (χ1v) is 12.0. The van der Waals surface area contributed by atoms with Crippen molar-refractivity contribution >= 4 is 5.97 Å². The quantitative estimate of drug-likeness (QED) is 0.387. The summed E-state index contributed by atoms with van der Waals surface area (Å²) in [6.07, 6.45) is -0.145. The molecule has 0 aliphatic carbocycles. The fourth-order valence-electron chi connectivity index (χ4n) is 4.13. The first-order chi connectivity index (χ1) is 17.3. The molecule has 0 aromatic heterocycles. The zero-order valence-electron chi connectivity index (χ0n) is 21.3. The summed E-state index contributed by atoms with van der Waals surface area (Å²) in [6.45, 7) is 6.80. The average molecular weight is 493 g/mol. The largest absolute Gasteiger partial charge is 0.497 e. The topological polar surface area (TPSA) is 83.5 Å². The third kappa shape index (κ3) is 5.26. The van der Waals surface area contributed by atoms with Crippen LogP contribution in [0.1, 0.15) is 59.0 Å². The van der Waals surface area contributed by atoms with Crippen molar-refractivity contribution in [1.82, 2.24) is 0 Å². The molecule has 1 atom stereocenters. The third-order valence-electron chi connectivity index (χ3n) is 6.08. The van der Waals surface area contributed by atoms with E-state index < -0.39 is 12.1 Å². The van der Waals surface area contributed by atoms with Crippen molar-refractivity contribution in [2.24, 2.45) is 5.92 Å². The van der Waals surface area contributed by atoms with Gasteiger partial charge in [-0.05, 0) is 66.8 Å². The number of hydrogen-bond donors (Lipinski definition) is 1. The number of carbonyl (C=O) groups is 1. The summed E-state index contributed by atoms with van der Waals surface area (Å²) >= 11 is 0. The van der Waals surface area contributed by atoms with Gasteiger partial charge in [0.05, 0.1) is 20.8 Å². The maximum atomic E-state index is 13.1. The summed E-state index contributed by atoms with van der Waals surface area (Å²) in [5.41, 5.74) is 2.84. The smallest absolute Gasteiger partial charge is 0.346 e. The van der Waals surface area contributed by atoms with Crippen LogP contribution in [0.5, 0.6) is 28.7 Å². The third-order valence-corrected chi connectivity index (χ3v) is 6.08.